The van der Waals surface area contributed by atoms with E-state index in [-0.39, 0.29) is 5.91 Å². The van der Waals surface area contributed by atoms with Gasteiger partial charge in [0.15, 0.2) is 0 Å². The molecule has 2 rings (SSSR count). The molecule has 0 bridgehead atoms. The summed E-state index contributed by atoms with van der Waals surface area (Å²) >= 11 is 3.22. The summed E-state index contributed by atoms with van der Waals surface area (Å²) < 4.78 is 5.41. The lowest BCUT2D eigenvalue weighted by Crippen LogP contribution is -2.30. The average Bonchev–Trinajstić information content (AvgIpc) is 2.47. The fourth-order valence-electron chi connectivity index (χ4n) is 2.56. The zero-order chi connectivity index (χ0) is 13.5. The highest BCUT2D eigenvalue weighted by atomic mass is 79.9. The van der Waals surface area contributed by atoms with Crippen LogP contribution in [0.15, 0.2) is 24.3 Å². The molecule has 0 radical (unpaired) electrons. The Kier molecular flexibility index (Phi) is 5.70. The van der Waals surface area contributed by atoms with Gasteiger partial charge in [-0.25, -0.2) is 0 Å². The fourth-order valence-corrected chi connectivity index (χ4v) is 2.81. The molecule has 1 fully saturated rings. The standard InChI is InChI=1S/C15H20BrNO2/c16-11-19-14-9-5-4-8-13(14)15(18)17-10-12-6-2-1-3-7-12/h4-5,8-9,12H,1-3,6-7,10-11H2,(H,17,18). The topological polar surface area (TPSA) is 38.3 Å². The molecule has 1 N–H and O–H groups in total. The van der Waals surface area contributed by atoms with Crippen LogP contribution in [0.1, 0.15) is 42.5 Å². The van der Waals surface area contributed by atoms with E-state index >= 15 is 0 Å². The fraction of sp³-hybridized carbons (Fsp3) is 0.533. The molecule has 0 spiro atoms. The van der Waals surface area contributed by atoms with Gasteiger partial charge >= 0.3 is 0 Å². The number of benzene rings is 1. The van der Waals surface area contributed by atoms with E-state index in [4.69, 9.17) is 4.74 Å². The van der Waals surface area contributed by atoms with Crippen LogP contribution in [-0.4, -0.2) is 18.0 Å². The second-order valence-electron chi connectivity index (χ2n) is 4.96. The Morgan fingerprint density at radius 1 is 1.26 bits per heavy atom. The van der Waals surface area contributed by atoms with Crippen LogP contribution in [0, 0.1) is 5.92 Å². The Morgan fingerprint density at radius 2 is 2.00 bits per heavy atom. The van der Waals surface area contributed by atoms with Gasteiger partial charge in [-0.1, -0.05) is 31.4 Å². The van der Waals surface area contributed by atoms with E-state index in [1.54, 1.807) is 6.07 Å². The van der Waals surface area contributed by atoms with Crippen molar-refractivity contribution >= 4 is 21.8 Å². The summed E-state index contributed by atoms with van der Waals surface area (Å²) in [6.45, 7) is 0.779. The second kappa shape index (κ2) is 7.53. The number of nitrogens with one attached hydrogen (secondary N) is 1. The maximum absolute atomic E-state index is 12.2. The summed E-state index contributed by atoms with van der Waals surface area (Å²) in [5.74, 6) is 1.23. The number of carbonyl (C=O) groups excluding carboxylic acids is 1. The summed E-state index contributed by atoms with van der Waals surface area (Å²) in [7, 11) is 0. The number of halogens is 1. The van der Waals surface area contributed by atoms with E-state index in [0.29, 0.717) is 22.7 Å². The van der Waals surface area contributed by atoms with Crippen LogP contribution in [0.25, 0.3) is 0 Å². The van der Waals surface area contributed by atoms with E-state index in [0.717, 1.165) is 6.54 Å². The molecule has 1 saturated carbocycles. The van der Waals surface area contributed by atoms with E-state index in [9.17, 15) is 4.79 Å². The Bertz CT molecular complexity index is 416. The third-order valence-corrected chi connectivity index (χ3v) is 3.85. The van der Waals surface area contributed by atoms with E-state index in [1.807, 2.05) is 18.2 Å². The van der Waals surface area contributed by atoms with Crippen molar-refractivity contribution in [1.82, 2.24) is 5.32 Å². The van der Waals surface area contributed by atoms with Gasteiger partial charge in [-0.2, -0.15) is 0 Å². The molecule has 0 aliphatic heterocycles. The monoisotopic (exact) mass is 325 g/mol. The minimum atomic E-state index is -0.0397. The average molecular weight is 326 g/mol. The first kappa shape index (κ1) is 14.4. The van der Waals surface area contributed by atoms with Crippen molar-refractivity contribution in [2.45, 2.75) is 32.1 Å². The lowest BCUT2D eigenvalue weighted by Gasteiger charge is -2.21. The largest absolute Gasteiger partial charge is 0.482 e. The first-order valence-electron chi connectivity index (χ1n) is 6.87. The first-order chi connectivity index (χ1) is 9.31. The van der Waals surface area contributed by atoms with Crippen LogP contribution >= 0.6 is 15.9 Å². The molecule has 104 valence electrons. The minimum absolute atomic E-state index is 0.0397. The van der Waals surface area contributed by atoms with Crippen LogP contribution in [-0.2, 0) is 0 Å². The van der Waals surface area contributed by atoms with Gasteiger partial charge in [0, 0.05) is 6.54 Å². The van der Waals surface area contributed by atoms with Crippen LogP contribution in [0.2, 0.25) is 0 Å². The molecule has 1 amide bonds. The van der Waals surface area contributed by atoms with Crippen molar-refractivity contribution in [2.75, 3.05) is 12.1 Å². The van der Waals surface area contributed by atoms with Crippen molar-refractivity contribution in [1.29, 1.82) is 0 Å². The lowest BCUT2D eigenvalue weighted by atomic mass is 9.89. The molecule has 19 heavy (non-hydrogen) atoms. The first-order valence-corrected chi connectivity index (χ1v) is 7.99. The molecular weight excluding hydrogens is 306 g/mol. The van der Waals surface area contributed by atoms with Gasteiger partial charge in [0.05, 0.1) is 5.56 Å². The third kappa shape index (κ3) is 4.23. The molecule has 0 unspecified atom stereocenters. The highest BCUT2D eigenvalue weighted by Gasteiger charge is 2.16. The van der Waals surface area contributed by atoms with Gasteiger partial charge in [-0.3, -0.25) is 4.79 Å². The number of para-hydroxylation sites is 1. The highest BCUT2D eigenvalue weighted by Crippen LogP contribution is 2.23. The number of carbonyl (C=O) groups is 1. The third-order valence-electron chi connectivity index (χ3n) is 3.62. The number of rotatable bonds is 5. The molecule has 1 aromatic carbocycles. The van der Waals surface area contributed by atoms with Crippen molar-refractivity contribution < 1.29 is 9.53 Å². The van der Waals surface area contributed by atoms with E-state index in [1.165, 1.54) is 32.1 Å². The lowest BCUT2D eigenvalue weighted by molar-refractivity contribution is 0.0940. The molecule has 0 aromatic heterocycles. The number of ether oxygens (including phenoxy) is 1. The molecular formula is C15H20BrNO2. The van der Waals surface area contributed by atoms with Gasteiger partial charge in [-0.15, -0.1) is 0 Å². The van der Waals surface area contributed by atoms with Gasteiger partial charge in [0.2, 0.25) is 0 Å². The van der Waals surface area contributed by atoms with Crippen molar-refractivity contribution in [3.63, 3.8) is 0 Å². The van der Waals surface area contributed by atoms with Crippen molar-refractivity contribution in [2.24, 2.45) is 5.92 Å². The van der Waals surface area contributed by atoms with Crippen LogP contribution in [0.3, 0.4) is 0 Å². The smallest absolute Gasteiger partial charge is 0.255 e. The summed E-state index contributed by atoms with van der Waals surface area (Å²) in [6.07, 6.45) is 6.40. The SMILES string of the molecule is O=C(NCC1CCCCC1)c1ccccc1OCBr. The van der Waals surface area contributed by atoms with Gasteiger partial charge in [0.25, 0.3) is 5.91 Å². The zero-order valence-electron chi connectivity index (χ0n) is 11.0. The van der Waals surface area contributed by atoms with Crippen LogP contribution in [0.4, 0.5) is 0 Å². The molecule has 0 heterocycles. The van der Waals surface area contributed by atoms with Gasteiger partial charge in [0.1, 0.15) is 11.3 Å². The van der Waals surface area contributed by atoms with Crippen molar-refractivity contribution in [3.8, 4) is 5.75 Å². The molecule has 3 nitrogen and oxygen atoms in total. The second-order valence-corrected chi connectivity index (χ2v) is 5.42. The Morgan fingerprint density at radius 3 is 2.74 bits per heavy atom. The molecule has 0 atom stereocenters. The number of hydrogen-bond acceptors (Lipinski definition) is 2. The van der Waals surface area contributed by atoms with E-state index in [2.05, 4.69) is 21.2 Å². The molecule has 4 heteroatoms. The van der Waals surface area contributed by atoms with E-state index < -0.39 is 0 Å². The van der Waals surface area contributed by atoms with Crippen LogP contribution < -0.4 is 10.1 Å². The predicted octanol–water partition coefficient (Wildman–Crippen LogP) is 3.73. The van der Waals surface area contributed by atoms with Crippen molar-refractivity contribution in [3.05, 3.63) is 29.8 Å². The highest BCUT2D eigenvalue weighted by molar-refractivity contribution is 9.09. The molecule has 0 saturated heterocycles. The minimum Gasteiger partial charge on any atom is -0.482 e. The Hall–Kier alpha value is -1.03. The van der Waals surface area contributed by atoms with Crippen LogP contribution in [0.5, 0.6) is 5.75 Å². The number of amides is 1. The number of hydrogen-bond donors (Lipinski definition) is 1. The number of alkyl halides is 1. The summed E-state index contributed by atoms with van der Waals surface area (Å²) in [5, 5.41) is 3.03. The Balaban J connectivity index is 1.91. The zero-order valence-corrected chi connectivity index (χ0v) is 12.6. The van der Waals surface area contributed by atoms with Gasteiger partial charge in [-0.05, 0) is 46.8 Å². The summed E-state index contributed by atoms with van der Waals surface area (Å²) in [4.78, 5) is 12.2. The molecule has 1 aliphatic carbocycles. The predicted molar refractivity (Wildman–Crippen MR) is 79.8 cm³/mol. The molecule has 1 aromatic rings. The normalized spacial score (nSPS) is 16.1. The summed E-state index contributed by atoms with van der Waals surface area (Å²) in [6, 6.07) is 7.34. The quantitative estimate of drug-likeness (QED) is 0.838. The molecule has 1 aliphatic rings. The maximum Gasteiger partial charge on any atom is 0.255 e. The summed E-state index contributed by atoms with van der Waals surface area (Å²) in [5.41, 5.74) is 0.998. The maximum atomic E-state index is 12.2. The van der Waals surface area contributed by atoms with Gasteiger partial charge < -0.3 is 10.1 Å². The Labute approximate surface area is 122 Å².